The lowest BCUT2D eigenvalue weighted by atomic mass is 10.2. The highest BCUT2D eigenvalue weighted by atomic mass is 35.7. The quantitative estimate of drug-likeness (QED) is 0.784. The Bertz CT molecular complexity index is 352. The SMILES string of the molecule is CC(C)(C)OC(=O)NC(CCF)CS(=O)(=O)Cl. The highest BCUT2D eigenvalue weighted by Crippen LogP contribution is 2.09. The summed E-state index contributed by atoms with van der Waals surface area (Å²) >= 11 is 0. The number of carbonyl (C=O) groups excluding carboxylic acids is 1. The lowest BCUT2D eigenvalue weighted by Gasteiger charge is -2.22. The van der Waals surface area contributed by atoms with E-state index in [1.165, 1.54) is 0 Å². The van der Waals surface area contributed by atoms with Crippen molar-refractivity contribution in [3.63, 3.8) is 0 Å². The van der Waals surface area contributed by atoms with Crippen LogP contribution in [0.1, 0.15) is 27.2 Å². The second-order valence-corrected chi connectivity index (χ2v) is 7.35. The van der Waals surface area contributed by atoms with Crippen LogP contribution in [0, 0.1) is 0 Å². The highest BCUT2D eigenvalue weighted by molar-refractivity contribution is 8.13. The predicted octanol–water partition coefficient (Wildman–Crippen LogP) is 1.81. The topological polar surface area (TPSA) is 72.5 Å². The molecule has 102 valence electrons. The van der Waals surface area contributed by atoms with E-state index in [1.807, 2.05) is 0 Å². The van der Waals surface area contributed by atoms with Crippen molar-refractivity contribution in [1.82, 2.24) is 5.32 Å². The van der Waals surface area contributed by atoms with Crippen molar-refractivity contribution < 1.29 is 22.3 Å². The van der Waals surface area contributed by atoms with E-state index in [9.17, 15) is 17.6 Å². The minimum absolute atomic E-state index is 0.134. The van der Waals surface area contributed by atoms with Gasteiger partial charge in [0, 0.05) is 16.7 Å². The van der Waals surface area contributed by atoms with Gasteiger partial charge in [-0.2, -0.15) is 0 Å². The smallest absolute Gasteiger partial charge is 0.407 e. The van der Waals surface area contributed by atoms with Crippen LogP contribution in [0.4, 0.5) is 9.18 Å². The van der Waals surface area contributed by atoms with Gasteiger partial charge in [-0.3, -0.25) is 4.39 Å². The first-order chi connectivity index (χ1) is 7.53. The zero-order valence-corrected chi connectivity index (χ0v) is 11.6. The van der Waals surface area contributed by atoms with Gasteiger partial charge in [0.1, 0.15) is 5.60 Å². The number of rotatable bonds is 5. The maximum absolute atomic E-state index is 12.2. The third-order valence-corrected chi connectivity index (χ3v) is 2.76. The van der Waals surface area contributed by atoms with Crippen LogP contribution in [0.5, 0.6) is 0 Å². The first-order valence-corrected chi connectivity index (χ1v) is 7.49. The number of alkyl carbamates (subject to hydrolysis) is 1. The molecule has 1 atom stereocenters. The molecule has 0 aliphatic carbocycles. The Morgan fingerprint density at radius 2 is 2.00 bits per heavy atom. The maximum Gasteiger partial charge on any atom is 0.407 e. The summed E-state index contributed by atoms with van der Waals surface area (Å²) in [6.45, 7) is 4.23. The van der Waals surface area contributed by atoms with E-state index in [0.29, 0.717) is 0 Å². The number of carbonyl (C=O) groups is 1. The summed E-state index contributed by atoms with van der Waals surface area (Å²) in [5.74, 6) is -0.530. The Labute approximate surface area is 105 Å². The maximum atomic E-state index is 12.2. The van der Waals surface area contributed by atoms with Crippen molar-refractivity contribution in [3.05, 3.63) is 0 Å². The summed E-state index contributed by atoms with van der Waals surface area (Å²) in [6.07, 6.45) is -0.929. The molecule has 0 aliphatic rings. The van der Waals surface area contributed by atoms with E-state index in [1.54, 1.807) is 20.8 Å². The summed E-state index contributed by atoms with van der Waals surface area (Å²) in [5, 5.41) is 2.27. The summed E-state index contributed by atoms with van der Waals surface area (Å²) in [5.41, 5.74) is -0.704. The van der Waals surface area contributed by atoms with Gasteiger partial charge >= 0.3 is 6.09 Å². The van der Waals surface area contributed by atoms with Crippen LogP contribution >= 0.6 is 10.7 Å². The monoisotopic (exact) mass is 289 g/mol. The van der Waals surface area contributed by atoms with Crippen LogP contribution in [0.25, 0.3) is 0 Å². The number of halogens is 2. The zero-order chi connectivity index (χ0) is 13.7. The second-order valence-electron chi connectivity index (χ2n) is 4.53. The van der Waals surface area contributed by atoms with Crippen molar-refractivity contribution in [1.29, 1.82) is 0 Å². The molecule has 17 heavy (non-hydrogen) atoms. The van der Waals surface area contributed by atoms with Crippen LogP contribution in [-0.4, -0.2) is 38.6 Å². The molecule has 1 amide bonds. The Kier molecular flexibility index (Phi) is 6.18. The standard InChI is InChI=1S/C9H17ClFNO4S/c1-9(2,3)16-8(13)12-7(4-5-11)6-17(10,14)15/h7H,4-6H2,1-3H3,(H,12,13). The molecule has 0 heterocycles. The van der Waals surface area contributed by atoms with Gasteiger partial charge in [-0.05, 0) is 27.2 Å². The molecule has 0 fully saturated rings. The average molecular weight is 290 g/mol. The van der Waals surface area contributed by atoms with Crippen molar-refractivity contribution in [2.24, 2.45) is 0 Å². The lowest BCUT2D eigenvalue weighted by molar-refractivity contribution is 0.0506. The number of amides is 1. The van der Waals surface area contributed by atoms with Gasteiger partial charge in [0.15, 0.2) is 0 Å². The van der Waals surface area contributed by atoms with Crippen molar-refractivity contribution in [3.8, 4) is 0 Å². The lowest BCUT2D eigenvalue weighted by Crippen LogP contribution is -2.42. The molecule has 0 spiro atoms. The third kappa shape index (κ3) is 10.3. The van der Waals surface area contributed by atoms with Gasteiger partial charge in [0.05, 0.1) is 12.4 Å². The van der Waals surface area contributed by atoms with Crippen LogP contribution in [0.2, 0.25) is 0 Å². The molecule has 0 saturated carbocycles. The molecule has 0 bridgehead atoms. The van der Waals surface area contributed by atoms with E-state index in [0.717, 1.165) is 0 Å². The molecule has 0 aromatic heterocycles. The molecule has 1 unspecified atom stereocenters. The second kappa shape index (κ2) is 6.39. The number of nitrogens with one attached hydrogen (secondary N) is 1. The number of alkyl halides is 1. The van der Waals surface area contributed by atoms with Gasteiger partial charge in [-0.15, -0.1) is 0 Å². The molecule has 0 aromatic carbocycles. The molecule has 0 rings (SSSR count). The Hall–Kier alpha value is -0.560. The van der Waals surface area contributed by atoms with E-state index in [-0.39, 0.29) is 6.42 Å². The summed E-state index contributed by atoms with van der Waals surface area (Å²) < 4.78 is 38.8. The van der Waals surface area contributed by atoms with Gasteiger partial charge in [0.2, 0.25) is 9.05 Å². The fraction of sp³-hybridized carbons (Fsp3) is 0.889. The predicted molar refractivity (Wildman–Crippen MR) is 63.4 cm³/mol. The summed E-state index contributed by atoms with van der Waals surface area (Å²) in [4.78, 5) is 11.3. The first-order valence-electron chi connectivity index (χ1n) is 5.01. The van der Waals surface area contributed by atoms with Crippen molar-refractivity contribution in [2.45, 2.75) is 38.8 Å². The van der Waals surface area contributed by atoms with Crippen LogP contribution < -0.4 is 5.32 Å². The molecule has 1 N–H and O–H groups in total. The largest absolute Gasteiger partial charge is 0.444 e. The fourth-order valence-corrected chi connectivity index (χ4v) is 2.23. The Morgan fingerprint density at radius 3 is 2.35 bits per heavy atom. The van der Waals surface area contributed by atoms with Gasteiger partial charge < -0.3 is 10.1 Å². The highest BCUT2D eigenvalue weighted by Gasteiger charge is 2.22. The minimum Gasteiger partial charge on any atom is -0.444 e. The van der Waals surface area contributed by atoms with Gasteiger partial charge in [-0.25, -0.2) is 13.2 Å². The van der Waals surface area contributed by atoms with E-state index in [4.69, 9.17) is 15.4 Å². The molecular weight excluding hydrogens is 273 g/mol. The Balaban J connectivity index is 4.40. The Morgan fingerprint density at radius 1 is 1.47 bits per heavy atom. The normalized spacial score (nSPS) is 14.2. The van der Waals surface area contributed by atoms with E-state index >= 15 is 0 Å². The van der Waals surface area contributed by atoms with Crippen LogP contribution in [0.3, 0.4) is 0 Å². The fourth-order valence-electron chi connectivity index (χ4n) is 1.04. The number of ether oxygens (including phenoxy) is 1. The summed E-state index contributed by atoms with van der Waals surface area (Å²) in [6, 6.07) is -0.891. The zero-order valence-electron chi connectivity index (χ0n) is 10.00. The van der Waals surface area contributed by atoms with Crippen LogP contribution in [-0.2, 0) is 13.8 Å². The van der Waals surface area contributed by atoms with Crippen molar-refractivity contribution >= 4 is 25.8 Å². The number of hydrogen-bond acceptors (Lipinski definition) is 4. The molecule has 0 radical (unpaired) electrons. The van der Waals surface area contributed by atoms with E-state index in [2.05, 4.69) is 5.32 Å². The molecule has 8 heteroatoms. The third-order valence-electron chi connectivity index (χ3n) is 1.58. The first kappa shape index (κ1) is 16.4. The van der Waals surface area contributed by atoms with Crippen molar-refractivity contribution in [2.75, 3.05) is 12.4 Å². The minimum atomic E-state index is -3.80. The van der Waals surface area contributed by atoms with E-state index < -0.39 is 39.2 Å². The molecule has 0 saturated heterocycles. The van der Waals surface area contributed by atoms with Gasteiger partial charge in [0.25, 0.3) is 0 Å². The molecule has 5 nitrogen and oxygen atoms in total. The van der Waals surface area contributed by atoms with Crippen LogP contribution in [0.15, 0.2) is 0 Å². The van der Waals surface area contributed by atoms with Gasteiger partial charge in [-0.1, -0.05) is 0 Å². The molecule has 0 aromatic rings. The average Bonchev–Trinajstić information content (AvgIpc) is 1.95. The molecule has 0 aliphatic heterocycles. The molecular formula is C9H17ClFNO4S. The number of hydrogen-bond donors (Lipinski definition) is 1. The summed E-state index contributed by atoms with van der Waals surface area (Å²) in [7, 11) is 1.24.